The lowest BCUT2D eigenvalue weighted by atomic mass is 9.95. The van der Waals surface area contributed by atoms with Gasteiger partial charge in [0, 0.05) is 0 Å². The lowest BCUT2D eigenvalue weighted by Gasteiger charge is -2.10. The first-order valence-electron chi connectivity index (χ1n) is 4.18. The highest BCUT2D eigenvalue weighted by Crippen LogP contribution is 2.04. The highest BCUT2D eigenvalue weighted by atomic mass is 16.5. The molecule has 0 aliphatic rings. The Labute approximate surface area is 81.9 Å². The van der Waals surface area contributed by atoms with Crippen LogP contribution in [0, 0.1) is 11.3 Å². The van der Waals surface area contributed by atoms with Crippen LogP contribution in [0.15, 0.2) is 0 Å². The fraction of sp³-hybridized carbons (Fsp3) is 0.556. The molecule has 5 nitrogen and oxygen atoms in total. The van der Waals surface area contributed by atoms with Crippen LogP contribution in [0.5, 0.6) is 0 Å². The summed E-state index contributed by atoms with van der Waals surface area (Å²) in [4.78, 5) is 33.0. The zero-order valence-corrected chi connectivity index (χ0v) is 8.42. The average molecular weight is 199 g/mol. The molecule has 0 saturated heterocycles. The quantitative estimate of drug-likeness (QED) is 0.393. The van der Waals surface area contributed by atoms with E-state index in [0.717, 1.165) is 0 Å². The number of ether oxygens (including phenoxy) is 1. The maximum Gasteiger partial charge on any atom is 0.353 e. The predicted octanol–water partition coefficient (Wildman–Crippen LogP) is 0.363. The van der Waals surface area contributed by atoms with Gasteiger partial charge < -0.3 is 4.74 Å². The minimum Gasteiger partial charge on any atom is -0.461 e. The Morgan fingerprint density at radius 1 is 1.21 bits per heavy atom. The van der Waals surface area contributed by atoms with Gasteiger partial charge in [0.25, 0.3) is 0 Å². The molecule has 0 spiro atoms. The van der Waals surface area contributed by atoms with E-state index >= 15 is 0 Å². The Kier molecular flexibility index (Phi) is 4.69. The van der Waals surface area contributed by atoms with Gasteiger partial charge in [-0.3, -0.25) is 15.0 Å². The third kappa shape index (κ3) is 3.08. The molecular formula is C9H13NO4. The zero-order valence-electron chi connectivity index (χ0n) is 8.42. The first-order chi connectivity index (χ1) is 6.41. The van der Waals surface area contributed by atoms with E-state index in [1.54, 1.807) is 6.92 Å². The van der Waals surface area contributed by atoms with Crippen molar-refractivity contribution in [3.63, 3.8) is 0 Å². The molecular weight excluding hydrogens is 186 g/mol. The summed E-state index contributed by atoms with van der Waals surface area (Å²) in [5.74, 6) is -3.23. The molecule has 0 saturated carbocycles. The minimum atomic E-state index is -1.28. The summed E-state index contributed by atoms with van der Waals surface area (Å²) in [7, 11) is 0. The van der Waals surface area contributed by atoms with E-state index in [1.807, 2.05) is 0 Å². The second kappa shape index (κ2) is 5.26. The second-order valence-electron chi connectivity index (χ2n) is 2.79. The fourth-order valence-corrected chi connectivity index (χ4v) is 1.02. The number of rotatable bonds is 5. The molecule has 0 aromatic carbocycles. The van der Waals surface area contributed by atoms with E-state index in [0.29, 0.717) is 0 Å². The Morgan fingerprint density at radius 2 is 1.64 bits per heavy atom. The molecule has 14 heavy (non-hydrogen) atoms. The van der Waals surface area contributed by atoms with Crippen LogP contribution in [0.2, 0.25) is 0 Å². The van der Waals surface area contributed by atoms with Crippen molar-refractivity contribution < 1.29 is 19.1 Å². The van der Waals surface area contributed by atoms with Crippen molar-refractivity contribution in [1.82, 2.24) is 0 Å². The Hall–Kier alpha value is -1.52. The van der Waals surface area contributed by atoms with Gasteiger partial charge >= 0.3 is 5.97 Å². The number of esters is 1. The van der Waals surface area contributed by atoms with Crippen LogP contribution in [0.1, 0.15) is 20.8 Å². The number of hydrogen-bond donors (Lipinski definition) is 1. The molecule has 78 valence electrons. The van der Waals surface area contributed by atoms with Gasteiger partial charge in [0.2, 0.25) is 0 Å². The standard InChI is InChI=1S/C9H13NO4/c1-4-14-9(13)8(10)7(5(2)11)6(3)12/h7,10H,4H2,1-3H3. The summed E-state index contributed by atoms with van der Waals surface area (Å²) >= 11 is 0. The summed E-state index contributed by atoms with van der Waals surface area (Å²) in [6.07, 6.45) is 0. The van der Waals surface area contributed by atoms with Gasteiger partial charge in [0.1, 0.15) is 23.2 Å². The van der Waals surface area contributed by atoms with Crippen molar-refractivity contribution in [2.24, 2.45) is 5.92 Å². The first kappa shape index (κ1) is 12.5. The maximum absolute atomic E-state index is 11.0. The SMILES string of the molecule is CCOC(=O)C(=N)C(C(C)=O)C(C)=O. The average Bonchev–Trinajstić information content (AvgIpc) is 2.03. The highest BCUT2D eigenvalue weighted by molar-refractivity contribution is 6.44. The summed E-state index contributed by atoms with van der Waals surface area (Å²) in [6.45, 7) is 4.03. The molecule has 0 rings (SSSR count). The number of Topliss-reactive ketones (excluding diaryl/α,β-unsaturated/α-hetero) is 2. The van der Waals surface area contributed by atoms with E-state index < -0.39 is 29.2 Å². The maximum atomic E-state index is 11.0. The highest BCUT2D eigenvalue weighted by Gasteiger charge is 2.30. The van der Waals surface area contributed by atoms with Gasteiger partial charge in [-0.2, -0.15) is 0 Å². The van der Waals surface area contributed by atoms with Gasteiger partial charge in [-0.15, -0.1) is 0 Å². The normalized spacial score (nSPS) is 9.71. The lowest BCUT2D eigenvalue weighted by Crippen LogP contribution is -2.34. The summed E-state index contributed by atoms with van der Waals surface area (Å²) in [5, 5.41) is 7.30. The molecule has 0 aliphatic carbocycles. The predicted molar refractivity (Wildman–Crippen MR) is 49.2 cm³/mol. The Morgan fingerprint density at radius 3 is 1.93 bits per heavy atom. The third-order valence-electron chi connectivity index (χ3n) is 1.60. The topological polar surface area (TPSA) is 84.3 Å². The van der Waals surface area contributed by atoms with Crippen molar-refractivity contribution in [3.05, 3.63) is 0 Å². The molecule has 5 heteroatoms. The van der Waals surface area contributed by atoms with Crippen LogP contribution in [-0.2, 0) is 19.1 Å². The monoisotopic (exact) mass is 199 g/mol. The van der Waals surface area contributed by atoms with Gasteiger partial charge in [0.05, 0.1) is 6.61 Å². The van der Waals surface area contributed by atoms with Crippen LogP contribution in [0.4, 0.5) is 0 Å². The molecule has 0 unspecified atom stereocenters. The Balaban J connectivity index is 4.69. The molecule has 0 aromatic rings. The van der Waals surface area contributed by atoms with Crippen LogP contribution in [-0.4, -0.2) is 29.9 Å². The number of nitrogens with one attached hydrogen (secondary N) is 1. The van der Waals surface area contributed by atoms with Crippen LogP contribution >= 0.6 is 0 Å². The molecule has 0 fully saturated rings. The molecule has 0 aromatic heterocycles. The Bertz CT molecular complexity index is 269. The van der Waals surface area contributed by atoms with Crippen LogP contribution in [0.3, 0.4) is 0 Å². The van der Waals surface area contributed by atoms with Crippen molar-refractivity contribution in [2.45, 2.75) is 20.8 Å². The number of carbonyl (C=O) groups is 3. The van der Waals surface area contributed by atoms with Gasteiger partial charge in [-0.05, 0) is 20.8 Å². The summed E-state index contributed by atoms with van der Waals surface area (Å²) < 4.78 is 4.52. The second-order valence-corrected chi connectivity index (χ2v) is 2.79. The molecule has 0 atom stereocenters. The van der Waals surface area contributed by atoms with E-state index in [-0.39, 0.29) is 6.61 Å². The molecule has 1 N–H and O–H groups in total. The third-order valence-corrected chi connectivity index (χ3v) is 1.60. The number of hydrogen-bond acceptors (Lipinski definition) is 5. The molecule has 0 amide bonds. The van der Waals surface area contributed by atoms with Crippen molar-refractivity contribution in [2.75, 3.05) is 6.61 Å². The summed E-state index contributed by atoms with van der Waals surface area (Å²) in [5.41, 5.74) is -0.591. The van der Waals surface area contributed by atoms with Gasteiger partial charge in [-0.1, -0.05) is 0 Å². The zero-order chi connectivity index (χ0) is 11.3. The summed E-state index contributed by atoms with van der Waals surface area (Å²) in [6, 6.07) is 0. The van der Waals surface area contributed by atoms with Gasteiger partial charge in [-0.25, -0.2) is 4.79 Å². The molecule has 0 heterocycles. The van der Waals surface area contributed by atoms with Crippen molar-refractivity contribution >= 4 is 23.2 Å². The van der Waals surface area contributed by atoms with E-state index in [9.17, 15) is 14.4 Å². The van der Waals surface area contributed by atoms with Gasteiger partial charge in [0.15, 0.2) is 0 Å². The smallest absolute Gasteiger partial charge is 0.353 e. The molecule has 0 radical (unpaired) electrons. The minimum absolute atomic E-state index is 0.115. The number of carbonyl (C=O) groups excluding carboxylic acids is 3. The van der Waals surface area contributed by atoms with E-state index in [2.05, 4.69) is 4.74 Å². The van der Waals surface area contributed by atoms with Crippen molar-refractivity contribution in [3.8, 4) is 0 Å². The van der Waals surface area contributed by atoms with E-state index in [4.69, 9.17) is 5.41 Å². The van der Waals surface area contributed by atoms with Crippen LogP contribution in [0.25, 0.3) is 0 Å². The lowest BCUT2D eigenvalue weighted by molar-refractivity contribution is -0.137. The number of ketones is 2. The molecule has 0 aliphatic heterocycles. The first-order valence-corrected chi connectivity index (χ1v) is 4.18. The van der Waals surface area contributed by atoms with Crippen molar-refractivity contribution in [1.29, 1.82) is 5.41 Å². The fourth-order valence-electron chi connectivity index (χ4n) is 1.02. The van der Waals surface area contributed by atoms with E-state index in [1.165, 1.54) is 13.8 Å². The van der Waals surface area contributed by atoms with Crippen LogP contribution < -0.4 is 0 Å². The largest absolute Gasteiger partial charge is 0.461 e. The molecule has 0 bridgehead atoms.